The highest BCUT2D eigenvalue weighted by atomic mass is 16.4. The van der Waals surface area contributed by atoms with Gasteiger partial charge in [-0.25, -0.2) is 4.79 Å². The maximum Gasteiger partial charge on any atom is 0.327 e. The van der Waals surface area contributed by atoms with Crippen molar-refractivity contribution in [3.8, 4) is 0 Å². The first kappa shape index (κ1) is 25.4. The van der Waals surface area contributed by atoms with Gasteiger partial charge in [0.2, 0.25) is 0 Å². The molecule has 0 fully saturated rings. The molecule has 0 rings (SSSR count). The first-order valence-electron chi connectivity index (χ1n) is 10.1. The van der Waals surface area contributed by atoms with E-state index >= 15 is 0 Å². The van der Waals surface area contributed by atoms with Gasteiger partial charge < -0.3 is 10.2 Å². The molecule has 0 heterocycles. The molecule has 3 nitrogen and oxygen atoms in total. The Morgan fingerprint density at radius 2 is 0.958 bits per heavy atom. The van der Waals surface area contributed by atoms with E-state index in [4.69, 9.17) is 10.2 Å². The fourth-order valence-electron chi connectivity index (χ4n) is 2.66. The zero-order valence-corrected chi connectivity index (χ0v) is 16.1. The number of aliphatic hydroxyl groups excluding tert-OH is 1. The van der Waals surface area contributed by atoms with Crippen molar-refractivity contribution in [2.45, 2.75) is 110 Å². The summed E-state index contributed by atoms with van der Waals surface area (Å²) in [6, 6.07) is 0. The predicted molar refractivity (Wildman–Crippen MR) is 104 cm³/mol. The number of aliphatic carboxylic acids is 1. The van der Waals surface area contributed by atoms with E-state index in [9.17, 15) is 4.79 Å². The molecule has 2 N–H and O–H groups in total. The van der Waals surface area contributed by atoms with E-state index in [0.717, 1.165) is 12.5 Å². The number of carbonyl (C=O) groups is 1. The highest BCUT2D eigenvalue weighted by molar-refractivity contribution is 5.78. The van der Waals surface area contributed by atoms with Gasteiger partial charge in [0.15, 0.2) is 0 Å². The van der Waals surface area contributed by atoms with Crippen LogP contribution in [-0.2, 0) is 4.79 Å². The van der Waals surface area contributed by atoms with Gasteiger partial charge in [0.05, 0.1) is 0 Å². The summed E-state index contributed by atoms with van der Waals surface area (Å²) < 4.78 is 0. The summed E-state index contributed by atoms with van der Waals surface area (Å²) in [5, 5.41) is 16.3. The fraction of sp³-hybridized carbons (Fsp3) is 0.857. The molecular weight excluding hydrogens is 300 g/mol. The molecule has 0 saturated carbocycles. The number of carboxylic acids is 1. The molecular formula is C21H42O3. The average molecular weight is 343 g/mol. The van der Waals surface area contributed by atoms with Gasteiger partial charge in [-0.3, -0.25) is 0 Å². The van der Waals surface area contributed by atoms with Gasteiger partial charge in [-0.1, -0.05) is 110 Å². The molecule has 0 spiro atoms. The zero-order valence-electron chi connectivity index (χ0n) is 16.1. The monoisotopic (exact) mass is 342 g/mol. The largest absolute Gasteiger partial charge is 0.478 e. The summed E-state index contributed by atoms with van der Waals surface area (Å²) in [6.45, 7) is 5.62. The lowest BCUT2D eigenvalue weighted by molar-refractivity contribution is -0.131. The van der Waals surface area contributed by atoms with Gasteiger partial charge in [-0.2, -0.15) is 0 Å². The number of unbranched alkanes of at least 4 members (excludes halogenated alkanes) is 15. The average Bonchev–Trinajstić information content (AvgIpc) is 2.59. The topological polar surface area (TPSA) is 57.5 Å². The molecule has 0 aromatic rings. The van der Waals surface area contributed by atoms with E-state index < -0.39 is 5.97 Å². The van der Waals surface area contributed by atoms with E-state index in [0.29, 0.717) is 6.61 Å². The third kappa shape index (κ3) is 29.2. The number of hydrogen-bond acceptors (Lipinski definition) is 2. The minimum atomic E-state index is -0.981. The molecule has 0 bridgehead atoms. The summed E-state index contributed by atoms with van der Waals surface area (Å²) in [7, 11) is 0. The van der Waals surface area contributed by atoms with Gasteiger partial charge >= 0.3 is 5.97 Å². The minimum Gasteiger partial charge on any atom is -0.478 e. The standard InChI is InChI=1S/C18H38O.C3H4O2/c1-2-3-4-5-6-7-8-9-10-11-12-13-14-15-16-17-18-19;1-2-3(4)5/h19H,2-18H2,1H3;2H,1H2,(H,4,5). The lowest BCUT2D eigenvalue weighted by atomic mass is 10.0. The number of rotatable bonds is 17. The second-order valence-electron chi connectivity index (χ2n) is 6.57. The summed E-state index contributed by atoms with van der Waals surface area (Å²) >= 11 is 0. The van der Waals surface area contributed by atoms with Crippen LogP contribution in [0, 0.1) is 0 Å². The zero-order chi connectivity index (χ0) is 18.3. The fourth-order valence-corrected chi connectivity index (χ4v) is 2.66. The predicted octanol–water partition coefficient (Wildman–Crippen LogP) is 6.50. The molecule has 0 aromatic heterocycles. The molecule has 0 aliphatic rings. The number of carboxylic acid groups (broad SMARTS) is 1. The molecule has 0 atom stereocenters. The molecule has 0 saturated heterocycles. The normalized spacial score (nSPS) is 10.1. The van der Waals surface area contributed by atoms with E-state index in [2.05, 4.69) is 13.5 Å². The van der Waals surface area contributed by atoms with E-state index in [1.54, 1.807) is 0 Å². The summed E-state index contributed by atoms with van der Waals surface area (Å²) in [5.41, 5.74) is 0. The van der Waals surface area contributed by atoms with Crippen LogP contribution in [0.25, 0.3) is 0 Å². The van der Waals surface area contributed by atoms with Crippen LogP contribution in [0.2, 0.25) is 0 Å². The molecule has 24 heavy (non-hydrogen) atoms. The molecule has 0 radical (unpaired) electrons. The van der Waals surface area contributed by atoms with Gasteiger partial charge in [-0.05, 0) is 6.42 Å². The maximum atomic E-state index is 9.25. The van der Waals surface area contributed by atoms with Crippen LogP contribution >= 0.6 is 0 Å². The van der Waals surface area contributed by atoms with Crippen molar-refractivity contribution in [2.24, 2.45) is 0 Å². The van der Waals surface area contributed by atoms with Crippen molar-refractivity contribution in [3.05, 3.63) is 12.7 Å². The van der Waals surface area contributed by atoms with Crippen LogP contribution in [0.5, 0.6) is 0 Å². The van der Waals surface area contributed by atoms with Crippen molar-refractivity contribution >= 4 is 5.97 Å². The third-order valence-corrected chi connectivity index (χ3v) is 4.19. The number of hydrogen-bond donors (Lipinski definition) is 2. The van der Waals surface area contributed by atoms with Gasteiger partial charge in [0.25, 0.3) is 0 Å². The Morgan fingerprint density at radius 3 is 1.17 bits per heavy atom. The molecule has 0 aromatic carbocycles. The van der Waals surface area contributed by atoms with E-state index in [1.165, 1.54) is 96.3 Å². The van der Waals surface area contributed by atoms with Gasteiger partial charge in [-0.15, -0.1) is 0 Å². The third-order valence-electron chi connectivity index (χ3n) is 4.19. The Kier molecular flexibility index (Phi) is 25.9. The van der Waals surface area contributed by atoms with Crippen LogP contribution in [0.3, 0.4) is 0 Å². The Balaban J connectivity index is 0. The maximum absolute atomic E-state index is 9.25. The Morgan fingerprint density at radius 1 is 0.708 bits per heavy atom. The number of aliphatic hydroxyl groups is 1. The summed E-state index contributed by atoms with van der Waals surface area (Å²) in [6.07, 6.45) is 23.0. The van der Waals surface area contributed by atoms with E-state index in [-0.39, 0.29) is 0 Å². The van der Waals surface area contributed by atoms with Crippen LogP contribution in [0.1, 0.15) is 110 Å². The Hall–Kier alpha value is -0.830. The molecule has 144 valence electrons. The highest BCUT2D eigenvalue weighted by Crippen LogP contribution is 2.13. The van der Waals surface area contributed by atoms with Crippen molar-refractivity contribution in [3.63, 3.8) is 0 Å². The van der Waals surface area contributed by atoms with Crippen LogP contribution in [0.15, 0.2) is 12.7 Å². The first-order chi connectivity index (χ1) is 11.7. The Bertz CT molecular complexity index is 235. The van der Waals surface area contributed by atoms with Crippen LogP contribution < -0.4 is 0 Å². The Labute approximate surface area is 150 Å². The molecule has 0 unspecified atom stereocenters. The van der Waals surface area contributed by atoms with Crippen molar-refractivity contribution in [1.82, 2.24) is 0 Å². The van der Waals surface area contributed by atoms with Gasteiger partial charge in [0.1, 0.15) is 0 Å². The smallest absolute Gasteiger partial charge is 0.327 e. The van der Waals surface area contributed by atoms with Crippen molar-refractivity contribution in [1.29, 1.82) is 0 Å². The van der Waals surface area contributed by atoms with Gasteiger partial charge in [0, 0.05) is 12.7 Å². The van der Waals surface area contributed by atoms with E-state index in [1.807, 2.05) is 0 Å². The highest BCUT2D eigenvalue weighted by Gasteiger charge is 1.94. The van der Waals surface area contributed by atoms with Crippen molar-refractivity contribution in [2.75, 3.05) is 6.61 Å². The lowest BCUT2D eigenvalue weighted by Gasteiger charge is -2.03. The first-order valence-corrected chi connectivity index (χ1v) is 10.1. The molecule has 3 heteroatoms. The lowest BCUT2D eigenvalue weighted by Crippen LogP contribution is -1.85. The summed E-state index contributed by atoms with van der Waals surface area (Å²) in [4.78, 5) is 9.25. The minimum absolute atomic E-state index is 0.373. The summed E-state index contributed by atoms with van der Waals surface area (Å²) in [5.74, 6) is -0.981. The quantitative estimate of drug-likeness (QED) is 0.234. The van der Waals surface area contributed by atoms with Crippen LogP contribution in [0.4, 0.5) is 0 Å². The second kappa shape index (κ2) is 24.4. The molecule has 0 aliphatic heterocycles. The molecule has 0 aliphatic carbocycles. The second-order valence-corrected chi connectivity index (χ2v) is 6.57. The molecule has 0 amide bonds. The SMILES string of the molecule is C=CC(=O)O.CCCCCCCCCCCCCCCCCCO. The van der Waals surface area contributed by atoms with Crippen LogP contribution in [-0.4, -0.2) is 22.8 Å². The van der Waals surface area contributed by atoms with Crippen molar-refractivity contribution < 1.29 is 15.0 Å².